The standard InChI is InChI=1S/C8H17NO2S/c1-8(2,3)11-7(10)9(4)5-6-12/h12H,5-6H2,1-4H3/p-1. The van der Waals surface area contributed by atoms with E-state index < -0.39 is 5.60 Å². The van der Waals surface area contributed by atoms with E-state index >= 15 is 0 Å². The minimum atomic E-state index is -0.424. The Bertz CT molecular complexity index is 154. The van der Waals surface area contributed by atoms with Gasteiger partial charge in [-0.2, -0.15) is 5.75 Å². The van der Waals surface area contributed by atoms with Crippen LogP contribution in [0.3, 0.4) is 0 Å². The molecule has 0 aliphatic carbocycles. The van der Waals surface area contributed by atoms with Crippen molar-refractivity contribution < 1.29 is 9.53 Å². The molecule has 0 aliphatic heterocycles. The molecule has 0 unspecified atom stereocenters. The number of hydrogen-bond donors (Lipinski definition) is 0. The number of amides is 1. The monoisotopic (exact) mass is 190 g/mol. The molecule has 0 bridgehead atoms. The van der Waals surface area contributed by atoms with Gasteiger partial charge in [0, 0.05) is 13.6 Å². The quantitative estimate of drug-likeness (QED) is 0.616. The van der Waals surface area contributed by atoms with Crippen LogP contribution in [0.4, 0.5) is 4.79 Å². The topological polar surface area (TPSA) is 29.5 Å². The highest BCUT2D eigenvalue weighted by atomic mass is 32.1. The summed E-state index contributed by atoms with van der Waals surface area (Å²) < 4.78 is 5.09. The van der Waals surface area contributed by atoms with E-state index in [1.165, 1.54) is 4.90 Å². The van der Waals surface area contributed by atoms with Gasteiger partial charge in [-0.05, 0) is 20.8 Å². The van der Waals surface area contributed by atoms with Crippen molar-refractivity contribution in [2.75, 3.05) is 19.3 Å². The van der Waals surface area contributed by atoms with Crippen molar-refractivity contribution >= 4 is 18.7 Å². The minimum Gasteiger partial charge on any atom is -0.791 e. The Morgan fingerprint density at radius 2 is 2.00 bits per heavy atom. The minimum absolute atomic E-state index is 0.313. The first kappa shape index (κ1) is 11.6. The maximum Gasteiger partial charge on any atom is 0.409 e. The summed E-state index contributed by atoms with van der Waals surface area (Å²) in [5, 5.41) is 0. The predicted octanol–water partition coefficient (Wildman–Crippen LogP) is 1.40. The van der Waals surface area contributed by atoms with Crippen molar-refractivity contribution in [1.82, 2.24) is 4.90 Å². The first-order chi connectivity index (χ1) is 5.37. The predicted molar refractivity (Wildman–Crippen MR) is 51.1 cm³/mol. The molecule has 0 saturated heterocycles. The first-order valence-electron chi connectivity index (χ1n) is 3.89. The third-order valence-corrected chi connectivity index (χ3v) is 1.31. The number of hydrogen-bond acceptors (Lipinski definition) is 3. The second-order valence-electron chi connectivity index (χ2n) is 3.61. The molecule has 0 spiro atoms. The van der Waals surface area contributed by atoms with E-state index in [2.05, 4.69) is 0 Å². The third-order valence-electron chi connectivity index (χ3n) is 1.13. The van der Waals surface area contributed by atoms with Crippen LogP contribution in [0.1, 0.15) is 20.8 Å². The summed E-state index contributed by atoms with van der Waals surface area (Å²) in [5.41, 5.74) is -0.424. The molecule has 0 saturated carbocycles. The van der Waals surface area contributed by atoms with Gasteiger partial charge < -0.3 is 22.3 Å². The van der Waals surface area contributed by atoms with Crippen molar-refractivity contribution in [1.29, 1.82) is 0 Å². The average molecular weight is 190 g/mol. The molecule has 0 rings (SSSR count). The zero-order chi connectivity index (χ0) is 9.78. The molecule has 1 amide bonds. The van der Waals surface area contributed by atoms with Gasteiger partial charge in [0.15, 0.2) is 0 Å². The molecule has 0 N–H and O–H groups in total. The molecule has 0 radical (unpaired) electrons. The Balaban J connectivity index is 3.87. The van der Waals surface area contributed by atoms with E-state index in [4.69, 9.17) is 17.4 Å². The molecule has 0 aliphatic rings. The molecule has 12 heavy (non-hydrogen) atoms. The molecule has 4 heteroatoms. The number of carbonyl (C=O) groups excluding carboxylic acids is 1. The van der Waals surface area contributed by atoms with Crippen LogP contribution < -0.4 is 0 Å². The number of carbonyl (C=O) groups is 1. The van der Waals surface area contributed by atoms with Crippen LogP contribution in [0.25, 0.3) is 0 Å². The average Bonchev–Trinajstić information content (AvgIpc) is 1.84. The summed E-state index contributed by atoms with van der Waals surface area (Å²) in [6.45, 7) is 6.08. The second-order valence-corrected chi connectivity index (χ2v) is 4.01. The zero-order valence-electron chi connectivity index (χ0n) is 8.09. The zero-order valence-corrected chi connectivity index (χ0v) is 8.90. The van der Waals surface area contributed by atoms with Gasteiger partial charge in [-0.1, -0.05) is 0 Å². The highest BCUT2D eigenvalue weighted by Gasteiger charge is 2.18. The van der Waals surface area contributed by atoms with Gasteiger partial charge in [0.1, 0.15) is 5.60 Å². The van der Waals surface area contributed by atoms with E-state index in [1.807, 2.05) is 20.8 Å². The molecule has 0 atom stereocenters. The van der Waals surface area contributed by atoms with Crippen molar-refractivity contribution in [2.24, 2.45) is 0 Å². The fraction of sp³-hybridized carbons (Fsp3) is 0.875. The van der Waals surface area contributed by atoms with Crippen LogP contribution in [-0.2, 0) is 17.4 Å². The van der Waals surface area contributed by atoms with Crippen LogP contribution in [0.5, 0.6) is 0 Å². The van der Waals surface area contributed by atoms with E-state index in [0.29, 0.717) is 12.3 Å². The Morgan fingerprint density at radius 3 is 2.33 bits per heavy atom. The van der Waals surface area contributed by atoms with Crippen molar-refractivity contribution in [3.8, 4) is 0 Å². The molecular weight excluding hydrogens is 174 g/mol. The summed E-state index contributed by atoms with van der Waals surface area (Å²) in [6.07, 6.45) is -0.313. The molecule has 0 fully saturated rings. The largest absolute Gasteiger partial charge is 0.791 e. The normalized spacial score (nSPS) is 11.1. The third kappa shape index (κ3) is 5.29. The molecule has 0 aromatic rings. The van der Waals surface area contributed by atoms with Crippen molar-refractivity contribution in [3.63, 3.8) is 0 Å². The van der Waals surface area contributed by atoms with Crippen LogP contribution >= 0.6 is 0 Å². The summed E-state index contributed by atoms with van der Waals surface area (Å²) in [6, 6.07) is 0. The lowest BCUT2D eigenvalue weighted by atomic mass is 10.2. The fourth-order valence-electron chi connectivity index (χ4n) is 0.568. The Hall–Kier alpha value is -0.380. The van der Waals surface area contributed by atoms with Crippen LogP contribution in [-0.4, -0.2) is 35.9 Å². The lowest BCUT2D eigenvalue weighted by Crippen LogP contribution is -2.35. The maximum absolute atomic E-state index is 11.2. The number of ether oxygens (including phenoxy) is 1. The lowest BCUT2D eigenvalue weighted by Gasteiger charge is -2.25. The van der Waals surface area contributed by atoms with Gasteiger partial charge in [-0.15, -0.1) is 0 Å². The molecule has 3 nitrogen and oxygen atoms in total. The Kier molecular flexibility index (Phi) is 4.45. The van der Waals surface area contributed by atoms with Crippen LogP contribution in [0.15, 0.2) is 0 Å². The van der Waals surface area contributed by atoms with Crippen LogP contribution in [0.2, 0.25) is 0 Å². The van der Waals surface area contributed by atoms with Gasteiger partial charge >= 0.3 is 6.09 Å². The van der Waals surface area contributed by atoms with Gasteiger partial charge in [-0.3, -0.25) is 0 Å². The van der Waals surface area contributed by atoms with Crippen LogP contribution in [0, 0.1) is 0 Å². The summed E-state index contributed by atoms with van der Waals surface area (Å²) >= 11 is 4.74. The highest BCUT2D eigenvalue weighted by molar-refractivity contribution is 7.58. The Morgan fingerprint density at radius 1 is 1.50 bits per heavy atom. The smallest absolute Gasteiger partial charge is 0.409 e. The SMILES string of the molecule is CN(CC[S-])C(=O)OC(C)(C)C. The van der Waals surface area contributed by atoms with Crippen molar-refractivity contribution in [2.45, 2.75) is 26.4 Å². The first-order valence-corrected chi connectivity index (χ1v) is 4.47. The van der Waals surface area contributed by atoms with E-state index in [0.717, 1.165) is 0 Å². The van der Waals surface area contributed by atoms with E-state index in [9.17, 15) is 4.79 Å². The highest BCUT2D eigenvalue weighted by Crippen LogP contribution is 2.08. The van der Waals surface area contributed by atoms with E-state index in [1.54, 1.807) is 7.05 Å². The fourth-order valence-corrected chi connectivity index (χ4v) is 0.842. The summed E-state index contributed by atoms with van der Waals surface area (Å²) in [7, 11) is 1.68. The molecule has 0 heterocycles. The molecule has 72 valence electrons. The van der Waals surface area contributed by atoms with Crippen molar-refractivity contribution in [3.05, 3.63) is 0 Å². The van der Waals surface area contributed by atoms with Gasteiger partial charge in [0.2, 0.25) is 0 Å². The molecule has 0 aromatic heterocycles. The van der Waals surface area contributed by atoms with Gasteiger partial charge in [0.25, 0.3) is 0 Å². The number of rotatable bonds is 2. The van der Waals surface area contributed by atoms with Gasteiger partial charge in [-0.25, -0.2) is 4.79 Å². The second kappa shape index (κ2) is 4.60. The molecular formula is C8H16NO2S-. The maximum atomic E-state index is 11.2. The summed E-state index contributed by atoms with van der Waals surface area (Å²) in [4.78, 5) is 12.7. The lowest BCUT2D eigenvalue weighted by molar-refractivity contribution is 0.0309. The van der Waals surface area contributed by atoms with E-state index in [-0.39, 0.29) is 6.09 Å². The summed E-state index contributed by atoms with van der Waals surface area (Å²) in [5.74, 6) is 0.537. The van der Waals surface area contributed by atoms with Gasteiger partial charge in [0.05, 0.1) is 0 Å². The Labute approximate surface area is 79.5 Å². The molecule has 0 aromatic carbocycles. The number of nitrogens with zero attached hydrogens (tertiary/aromatic N) is 1.